The van der Waals surface area contributed by atoms with E-state index in [0.717, 1.165) is 10.9 Å². The molecule has 1 aromatic heterocycles. The van der Waals surface area contributed by atoms with Crippen molar-refractivity contribution in [3.8, 4) is 5.75 Å². The van der Waals surface area contributed by atoms with E-state index in [1.54, 1.807) is 30.9 Å². The van der Waals surface area contributed by atoms with E-state index in [-0.39, 0.29) is 11.4 Å². The summed E-state index contributed by atoms with van der Waals surface area (Å²) in [6.45, 7) is 2.18. The number of ether oxygens (including phenoxy) is 1. The van der Waals surface area contributed by atoms with Gasteiger partial charge in [0.05, 0.1) is 23.2 Å². The van der Waals surface area contributed by atoms with Gasteiger partial charge in [0.1, 0.15) is 0 Å². The number of benzene rings is 1. The normalized spacial score (nSPS) is 10.6. The van der Waals surface area contributed by atoms with Crippen molar-refractivity contribution in [2.75, 3.05) is 6.61 Å². The Kier molecular flexibility index (Phi) is 2.47. The first-order valence-corrected chi connectivity index (χ1v) is 4.86. The maximum atomic E-state index is 10.8. The molecule has 0 saturated carbocycles. The van der Waals surface area contributed by atoms with Crippen LogP contribution in [0.2, 0.25) is 0 Å². The highest BCUT2D eigenvalue weighted by Gasteiger charge is 2.17. The van der Waals surface area contributed by atoms with Crippen molar-refractivity contribution in [3.05, 3.63) is 28.4 Å². The minimum absolute atomic E-state index is 0.0256. The van der Waals surface area contributed by atoms with E-state index in [0.29, 0.717) is 6.61 Å². The predicted molar refractivity (Wildman–Crippen MR) is 58.5 cm³/mol. The van der Waals surface area contributed by atoms with Crippen LogP contribution in [0.3, 0.4) is 0 Å². The summed E-state index contributed by atoms with van der Waals surface area (Å²) in [5.41, 5.74) is 0.788. The molecule has 0 saturated heterocycles. The molecule has 1 aromatic carbocycles. The number of rotatable bonds is 3. The third-order valence-electron chi connectivity index (χ3n) is 2.32. The Morgan fingerprint density at radius 2 is 2.31 bits per heavy atom. The fraction of sp³-hybridized carbons (Fsp3) is 0.300. The van der Waals surface area contributed by atoms with Crippen molar-refractivity contribution in [2.24, 2.45) is 7.05 Å². The summed E-state index contributed by atoms with van der Waals surface area (Å²) in [5.74, 6) is 0.281. The van der Waals surface area contributed by atoms with Gasteiger partial charge in [0.25, 0.3) is 0 Å². The smallest absolute Gasteiger partial charge is 0.311 e. The van der Waals surface area contributed by atoms with Crippen LogP contribution in [0.4, 0.5) is 5.69 Å². The van der Waals surface area contributed by atoms with E-state index >= 15 is 0 Å². The summed E-state index contributed by atoms with van der Waals surface area (Å²) < 4.78 is 6.90. The number of hydrogen-bond acceptors (Lipinski definition) is 4. The zero-order valence-electron chi connectivity index (χ0n) is 9.01. The third-order valence-corrected chi connectivity index (χ3v) is 2.32. The van der Waals surface area contributed by atoms with Crippen LogP contribution in [0.15, 0.2) is 18.3 Å². The van der Waals surface area contributed by atoms with E-state index in [1.165, 1.54) is 6.07 Å². The average molecular weight is 221 g/mol. The van der Waals surface area contributed by atoms with Crippen molar-refractivity contribution >= 4 is 16.6 Å². The van der Waals surface area contributed by atoms with E-state index < -0.39 is 4.92 Å². The zero-order valence-corrected chi connectivity index (χ0v) is 9.01. The van der Waals surface area contributed by atoms with Crippen molar-refractivity contribution in [1.82, 2.24) is 9.78 Å². The first kappa shape index (κ1) is 10.4. The summed E-state index contributed by atoms with van der Waals surface area (Å²) in [6.07, 6.45) is 1.60. The molecule has 16 heavy (non-hydrogen) atoms. The highest BCUT2D eigenvalue weighted by Crippen LogP contribution is 2.31. The fourth-order valence-electron chi connectivity index (χ4n) is 1.58. The van der Waals surface area contributed by atoms with Gasteiger partial charge in [-0.05, 0) is 6.92 Å². The topological polar surface area (TPSA) is 70.2 Å². The van der Waals surface area contributed by atoms with Gasteiger partial charge in [-0.1, -0.05) is 0 Å². The molecule has 0 N–H and O–H groups in total. The summed E-state index contributed by atoms with van der Waals surface area (Å²) >= 11 is 0. The molecule has 0 radical (unpaired) electrons. The minimum Gasteiger partial charge on any atom is -0.487 e. The van der Waals surface area contributed by atoms with Gasteiger partial charge in [-0.3, -0.25) is 14.8 Å². The fourth-order valence-corrected chi connectivity index (χ4v) is 1.58. The lowest BCUT2D eigenvalue weighted by Crippen LogP contribution is -1.98. The molecule has 0 spiro atoms. The lowest BCUT2D eigenvalue weighted by molar-refractivity contribution is -0.385. The van der Waals surface area contributed by atoms with Crippen LogP contribution in [-0.2, 0) is 7.05 Å². The Bertz CT molecular complexity index is 547. The highest BCUT2D eigenvalue weighted by atomic mass is 16.6. The maximum Gasteiger partial charge on any atom is 0.311 e. The van der Waals surface area contributed by atoms with Crippen LogP contribution in [0.5, 0.6) is 5.75 Å². The Morgan fingerprint density at radius 1 is 1.56 bits per heavy atom. The number of aromatic nitrogens is 2. The molecule has 0 aliphatic heterocycles. The summed E-state index contributed by atoms with van der Waals surface area (Å²) in [6, 6.07) is 3.12. The first-order valence-electron chi connectivity index (χ1n) is 4.86. The van der Waals surface area contributed by atoms with Crippen molar-refractivity contribution in [1.29, 1.82) is 0 Å². The molecule has 6 heteroatoms. The van der Waals surface area contributed by atoms with Crippen molar-refractivity contribution in [3.63, 3.8) is 0 Å². The molecule has 84 valence electrons. The van der Waals surface area contributed by atoms with E-state index in [9.17, 15) is 10.1 Å². The molecule has 0 aliphatic carbocycles. The van der Waals surface area contributed by atoms with E-state index in [4.69, 9.17) is 4.74 Å². The molecule has 0 bridgehead atoms. The quantitative estimate of drug-likeness (QED) is 0.586. The molecule has 2 rings (SSSR count). The average Bonchev–Trinajstić information content (AvgIpc) is 2.60. The number of fused-ring (bicyclic) bond motifs is 1. The van der Waals surface area contributed by atoms with E-state index in [1.807, 2.05) is 0 Å². The molecule has 0 aliphatic rings. The van der Waals surface area contributed by atoms with Crippen LogP contribution < -0.4 is 4.74 Å². The Hall–Kier alpha value is -2.11. The van der Waals surface area contributed by atoms with Crippen LogP contribution in [0.25, 0.3) is 10.9 Å². The number of hydrogen-bond donors (Lipinski definition) is 0. The van der Waals surface area contributed by atoms with Gasteiger partial charge in [0.2, 0.25) is 0 Å². The molecule has 2 aromatic rings. The van der Waals surface area contributed by atoms with Crippen LogP contribution >= 0.6 is 0 Å². The molecular weight excluding hydrogens is 210 g/mol. The van der Waals surface area contributed by atoms with Crippen molar-refractivity contribution < 1.29 is 9.66 Å². The highest BCUT2D eigenvalue weighted by molar-refractivity contribution is 5.83. The van der Waals surface area contributed by atoms with Gasteiger partial charge in [0.15, 0.2) is 5.75 Å². The van der Waals surface area contributed by atoms with E-state index in [2.05, 4.69) is 5.10 Å². The molecular formula is C10H11N3O3. The maximum absolute atomic E-state index is 10.8. The van der Waals surface area contributed by atoms with Gasteiger partial charge in [-0.25, -0.2) is 0 Å². The Balaban J connectivity index is 2.67. The molecule has 6 nitrogen and oxygen atoms in total. The van der Waals surface area contributed by atoms with Crippen LogP contribution in [-0.4, -0.2) is 21.3 Å². The van der Waals surface area contributed by atoms with Gasteiger partial charge in [-0.15, -0.1) is 0 Å². The largest absolute Gasteiger partial charge is 0.487 e. The minimum atomic E-state index is -0.447. The lowest BCUT2D eigenvalue weighted by atomic mass is 10.2. The standard InChI is InChI=1S/C10H11N3O3/c1-3-16-10-5-8-7(6-11-12(8)2)4-9(10)13(14)15/h4-6H,3H2,1-2H3. The first-order chi connectivity index (χ1) is 7.63. The number of nitro benzene ring substituents is 1. The Morgan fingerprint density at radius 3 is 2.94 bits per heavy atom. The number of nitrogens with zero attached hydrogens (tertiary/aromatic N) is 3. The second-order valence-electron chi connectivity index (χ2n) is 3.34. The molecule has 1 heterocycles. The summed E-state index contributed by atoms with van der Waals surface area (Å²) in [4.78, 5) is 10.4. The molecule has 0 amide bonds. The summed E-state index contributed by atoms with van der Waals surface area (Å²) in [7, 11) is 1.78. The van der Waals surface area contributed by atoms with Gasteiger partial charge in [-0.2, -0.15) is 5.10 Å². The summed E-state index contributed by atoms with van der Waals surface area (Å²) in [5, 5.41) is 15.6. The predicted octanol–water partition coefficient (Wildman–Crippen LogP) is 1.88. The molecule has 0 atom stereocenters. The van der Waals surface area contributed by atoms with Crippen molar-refractivity contribution in [2.45, 2.75) is 6.92 Å². The second kappa shape index (κ2) is 3.80. The Labute approximate surface area is 91.6 Å². The number of nitro groups is 1. The number of aryl methyl sites for hydroxylation is 1. The zero-order chi connectivity index (χ0) is 11.7. The molecule has 0 fully saturated rings. The van der Waals surface area contributed by atoms with Crippen LogP contribution in [0.1, 0.15) is 6.92 Å². The third kappa shape index (κ3) is 1.58. The lowest BCUT2D eigenvalue weighted by Gasteiger charge is -2.04. The van der Waals surface area contributed by atoms with Gasteiger partial charge in [0, 0.05) is 24.6 Å². The second-order valence-corrected chi connectivity index (χ2v) is 3.34. The van der Waals surface area contributed by atoms with Crippen LogP contribution in [0, 0.1) is 10.1 Å². The van der Waals surface area contributed by atoms with Gasteiger partial charge >= 0.3 is 5.69 Å². The SMILES string of the molecule is CCOc1cc2c(cnn2C)cc1[N+](=O)[O-]. The monoisotopic (exact) mass is 221 g/mol. The van der Waals surface area contributed by atoms with Gasteiger partial charge < -0.3 is 4.74 Å². The molecule has 0 unspecified atom stereocenters.